The summed E-state index contributed by atoms with van der Waals surface area (Å²) in [5.74, 6) is -0.955. The summed E-state index contributed by atoms with van der Waals surface area (Å²) in [6.07, 6.45) is 6.77. The van der Waals surface area contributed by atoms with E-state index in [1.807, 2.05) is 0 Å². The van der Waals surface area contributed by atoms with E-state index < -0.39 is 11.6 Å². The van der Waals surface area contributed by atoms with Gasteiger partial charge in [-0.15, -0.1) is 0 Å². The first-order valence-electron chi connectivity index (χ1n) is 8.15. The van der Waals surface area contributed by atoms with Crippen LogP contribution in [0.2, 0.25) is 0 Å². The second-order valence-electron chi connectivity index (χ2n) is 6.40. The van der Waals surface area contributed by atoms with Gasteiger partial charge in [0.1, 0.15) is 11.6 Å². The Bertz CT molecular complexity index is 457. The van der Waals surface area contributed by atoms with Crippen LogP contribution in [0, 0.1) is 11.6 Å². The highest BCUT2D eigenvalue weighted by Gasteiger charge is 2.38. The lowest BCUT2D eigenvalue weighted by Gasteiger charge is -2.50. The van der Waals surface area contributed by atoms with E-state index >= 15 is 0 Å². The number of fused-ring (bicyclic) bond motifs is 2. The van der Waals surface area contributed by atoms with Crippen molar-refractivity contribution in [2.75, 3.05) is 11.4 Å². The molecule has 3 rings (SSSR count). The third-order valence-corrected chi connectivity index (χ3v) is 4.80. The lowest BCUT2D eigenvalue weighted by Crippen LogP contribution is -2.56. The van der Waals surface area contributed by atoms with E-state index in [0.717, 1.165) is 50.4 Å². The molecule has 0 radical (unpaired) electrons. The number of halogens is 2. The van der Waals surface area contributed by atoms with Gasteiger partial charge in [-0.3, -0.25) is 0 Å². The van der Waals surface area contributed by atoms with Crippen LogP contribution >= 0.6 is 0 Å². The van der Waals surface area contributed by atoms with Gasteiger partial charge in [-0.05, 0) is 57.2 Å². The molecule has 2 fully saturated rings. The third-order valence-electron chi connectivity index (χ3n) is 4.80. The molecule has 1 N–H and O–H groups in total. The van der Waals surface area contributed by atoms with E-state index in [-0.39, 0.29) is 0 Å². The average Bonchev–Trinajstić information content (AvgIpc) is 2.43. The van der Waals surface area contributed by atoms with Crippen molar-refractivity contribution < 1.29 is 8.78 Å². The smallest absolute Gasteiger partial charge is 0.128 e. The lowest BCUT2D eigenvalue weighted by molar-refractivity contribution is 0.245. The molecule has 116 valence electrons. The van der Waals surface area contributed by atoms with Crippen LogP contribution in [0.15, 0.2) is 18.2 Å². The van der Waals surface area contributed by atoms with Crippen LogP contribution < -0.4 is 10.2 Å². The molecule has 2 unspecified atom stereocenters. The van der Waals surface area contributed by atoms with Crippen LogP contribution in [0.3, 0.4) is 0 Å². The second kappa shape index (κ2) is 6.30. The average molecular weight is 294 g/mol. The quantitative estimate of drug-likeness (QED) is 0.907. The summed E-state index contributed by atoms with van der Waals surface area (Å²) in [5.41, 5.74) is 0.719. The van der Waals surface area contributed by atoms with Gasteiger partial charge in [0, 0.05) is 29.9 Å². The molecular formula is C17H24F2N2. The lowest BCUT2D eigenvalue weighted by atomic mass is 9.81. The maximum absolute atomic E-state index is 13.5. The number of nitrogens with zero attached hydrogens (tertiary/aromatic N) is 1. The predicted molar refractivity (Wildman–Crippen MR) is 81.6 cm³/mol. The van der Waals surface area contributed by atoms with E-state index in [4.69, 9.17) is 0 Å². The fourth-order valence-electron chi connectivity index (χ4n) is 4.01. The fourth-order valence-corrected chi connectivity index (χ4v) is 4.01. The number of hydrogen-bond acceptors (Lipinski definition) is 2. The van der Waals surface area contributed by atoms with Crippen molar-refractivity contribution in [3.05, 3.63) is 29.8 Å². The van der Waals surface area contributed by atoms with E-state index in [9.17, 15) is 8.78 Å². The van der Waals surface area contributed by atoms with Gasteiger partial charge in [-0.1, -0.05) is 6.92 Å². The molecule has 0 saturated carbocycles. The molecule has 4 heteroatoms. The number of anilines is 1. The molecule has 0 amide bonds. The van der Waals surface area contributed by atoms with Crippen molar-refractivity contribution in [3.8, 4) is 0 Å². The number of hydrogen-bond donors (Lipinski definition) is 1. The van der Waals surface area contributed by atoms with Crippen molar-refractivity contribution in [1.29, 1.82) is 0 Å². The Morgan fingerprint density at radius 1 is 1.10 bits per heavy atom. The highest BCUT2D eigenvalue weighted by atomic mass is 19.1. The van der Waals surface area contributed by atoms with Gasteiger partial charge >= 0.3 is 0 Å². The first kappa shape index (κ1) is 14.8. The monoisotopic (exact) mass is 294 g/mol. The molecular weight excluding hydrogens is 270 g/mol. The Hall–Kier alpha value is -1.16. The number of piperidine rings is 2. The molecule has 2 aliphatic rings. The molecule has 2 saturated heterocycles. The van der Waals surface area contributed by atoms with Gasteiger partial charge < -0.3 is 10.2 Å². The van der Waals surface area contributed by atoms with Crippen molar-refractivity contribution >= 4 is 5.69 Å². The minimum absolute atomic E-state index is 0.410. The van der Waals surface area contributed by atoms with Crippen LogP contribution in [-0.2, 0) is 0 Å². The molecule has 2 heterocycles. The summed E-state index contributed by atoms with van der Waals surface area (Å²) in [4.78, 5) is 2.28. The zero-order chi connectivity index (χ0) is 14.8. The van der Waals surface area contributed by atoms with Crippen LogP contribution in [0.5, 0.6) is 0 Å². The Morgan fingerprint density at radius 3 is 2.29 bits per heavy atom. The number of benzene rings is 1. The van der Waals surface area contributed by atoms with Crippen LogP contribution in [-0.4, -0.2) is 24.7 Å². The fraction of sp³-hybridized carbons (Fsp3) is 0.647. The van der Waals surface area contributed by atoms with Crippen LogP contribution in [0.4, 0.5) is 14.5 Å². The van der Waals surface area contributed by atoms with Gasteiger partial charge in [-0.25, -0.2) is 8.78 Å². The van der Waals surface area contributed by atoms with Gasteiger partial charge in [0.25, 0.3) is 0 Å². The van der Waals surface area contributed by atoms with Crippen molar-refractivity contribution in [2.24, 2.45) is 0 Å². The third kappa shape index (κ3) is 3.20. The topological polar surface area (TPSA) is 15.3 Å². The van der Waals surface area contributed by atoms with Crippen molar-refractivity contribution in [3.63, 3.8) is 0 Å². The molecule has 2 aliphatic heterocycles. The maximum atomic E-state index is 13.5. The van der Waals surface area contributed by atoms with E-state index in [1.165, 1.54) is 18.6 Å². The molecule has 21 heavy (non-hydrogen) atoms. The highest BCUT2D eigenvalue weighted by Crippen LogP contribution is 2.38. The summed E-state index contributed by atoms with van der Waals surface area (Å²) < 4.78 is 27.0. The van der Waals surface area contributed by atoms with Crippen molar-refractivity contribution in [1.82, 2.24) is 5.32 Å². The van der Waals surface area contributed by atoms with Gasteiger partial charge in [0.05, 0.1) is 0 Å². The molecule has 2 atom stereocenters. The maximum Gasteiger partial charge on any atom is 0.128 e. The van der Waals surface area contributed by atoms with Crippen molar-refractivity contribution in [2.45, 2.75) is 63.6 Å². The summed E-state index contributed by atoms with van der Waals surface area (Å²) in [5, 5.41) is 3.62. The van der Waals surface area contributed by atoms with Crippen LogP contribution in [0.25, 0.3) is 0 Å². The highest BCUT2D eigenvalue weighted by molar-refractivity contribution is 5.50. The van der Waals surface area contributed by atoms with E-state index in [2.05, 4.69) is 17.1 Å². The van der Waals surface area contributed by atoms with Gasteiger partial charge in [-0.2, -0.15) is 0 Å². The Labute approximate surface area is 125 Å². The molecule has 0 aromatic heterocycles. The molecule has 1 aromatic carbocycles. The molecule has 0 aliphatic carbocycles. The number of nitrogens with one attached hydrogen (secondary N) is 1. The largest absolute Gasteiger partial charge is 0.365 e. The molecule has 2 nitrogen and oxygen atoms in total. The first-order chi connectivity index (χ1) is 10.2. The van der Waals surface area contributed by atoms with Gasteiger partial charge in [0.15, 0.2) is 0 Å². The first-order valence-corrected chi connectivity index (χ1v) is 8.15. The summed E-state index contributed by atoms with van der Waals surface area (Å²) in [6, 6.07) is 5.29. The Morgan fingerprint density at radius 2 is 1.71 bits per heavy atom. The molecule has 1 aromatic rings. The van der Waals surface area contributed by atoms with E-state index in [0.29, 0.717) is 18.1 Å². The summed E-state index contributed by atoms with van der Waals surface area (Å²) in [7, 11) is 0. The predicted octanol–water partition coefficient (Wildman–Crippen LogP) is 3.85. The Balaban J connectivity index is 1.80. The zero-order valence-electron chi connectivity index (χ0n) is 12.6. The Kier molecular flexibility index (Phi) is 4.43. The minimum Gasteiger partial charge on any atom is -0.365 e. The molecule has 0 spiro atoms. The van der Waals surface area contributed by atoms with Gasteiger partial charge in [0.2, 0.25) is 0 Å². The van der Waals surface area contributed by atoms with E-state index in [1.54, 1.807) is 0 Å². The minimum atomic E-state index is -0.477. The summed E-state index contributed by atoms with van der Waals surface area (Å²) >= 11 is 0. The molecule has 2 bridgehead atoms. The second-order valence-corrected chi connectivity index (χ2v) is 6.40. The number of rotatable bonds is 4. The zero-order valence-corrected chi connectivity index (χ0v) is 12.6. The standard InChI is InChI=1S/C17H24F2N2/c1-2-6-20-14-10-15-4-3-5-16(11-14)21(15)17-8-12(18)7-13(19)9-17/h7-9,14-16,20H,2-6,10-11H2,1H3. The van der Waals surface area contributed by atoms with Crippen LogP contribution in [0.1, 0.15) is 45.4 Å². The normalized spacial score (nSPS) is 28.7. The summed E-state index contributed by atoms with van der Waals surface area (Å²) in [6.45, 7) is 3.23. The SMILES string of the molecule is CCCNC1CC2CCCC(C1)N2c1cc(F)cc(F)c1.